The number of hydrogen-bond donors (Lipinski definition) is 1. The van der Waals surface area contributed by atoms with Crippen LogP contribution in [0.25, 0.3) is 0 Å². The maximum Gasteiger partial charge on any atom is 0.262 e. The van der Waals surface area contributed by atoms with Crippen molar-refractivity contribution >= 4 is 39.1 Å². The first-order valence-electron chi connectivity index (χ1n) is 10.4. The van der Waals surface area contributed by atoms with E-state index in [0.717, 1.165) is 25.7 Å². The highest BCUT2D eigenvalue weighted by molar-refractivity contribution is 7.92. The lowest BCUT2D eigenvalue weighted by molar-refractivity contribution is -0.140. The Hall–Kier alpha value is -2.38. The van der Waals surface area contributed by atoms with Gasteiger partial charge in [-0.1, -0.05) is 42.6 Å². The van der Waals surface area contributed by atoms with Gasteiger partial charge in [0.1, 0.15) is 0 Å². The number of likely N-dealkylation sites (tertiary alicyclic amines) is 1. The molecule has 0 unspecified atom stereocenters. The number of nitrogens with one attached hydrogen (secondary N) is 1. The Bertz CT molecular complexity index is 1140. The molecule has 2 aromatic carbocycles. The van der Waals surface area contributed by atoms with E-state index in [1.807, 2.05) is 0 Å². The predicted molar refractivity (Wildman–Crippen MR) is 119 cm³/mol. The minimum absolute atomic E-state index is 0.0870. The molecule has 1 aliphatic carbocycles. The number of hydrogen-bond acceptors (Lipinski definition) is 4. The van der Waals surface area contributed by atoms with Gasteiger partial charge in [-0.3, -0.25) is 19.2 Å². The average Bonchev–Trinajstić information content (AvgIpc) is 2.97. The van der Waals surface area contributed by atoms with Crippen LogP contribution < -0.4 is 4.72 Å². The van der Waals surface area contributed by atoms with Gasteiger partial charge in [-0.25, -0.2) is 8.42 Å². The fourth-order valence-electron chi connectivity index (χ4n) is 4.52. The Morgan fingerprint density at radius 1 is 1.03 bits per heavy atom. The summed E-state index contributed by atoms with van der Waals surface area (Å²) < 4.78 is 28.8. The first-order valence-corrected chi connectivity index (χ1v) is 12.3. The molecule has 164 valence electrons. The fraction of sp³-hybridized carbons (Fsp3) is 0.391. The number of imide groups is 1. The third kappa shape index (κ3) is 4.08. The largest absolute Gasteiger partial charge is 0.279 e. The van der Waals surface area contributed by atoms with Gasteiger partial charge in [0.25, 0.3) is 10.0 Å². The van der Waals surface area contributed by atoms with Crippen molar-refractivity contribution in [3.63, 3.8) is 0 Å². The predicted octanol–water partition coefficient (Wildman–Crippen LogP) is 4.43. The van der Waals surface area contributed by atoms with Crippen LogP contribution in [-0.4, -0.2) is 25.1 Å². The molecule has 8 heteroatoms. The molecular formula is C23H25ClN2O4S. The third-order valence-electron chi connectivity index (χ3n) is 6.33. The van der Waals surface area contributed by atoms with Gasteiger partial charge in [-0.2, -0.15) is 0 Å². The van der Waals surface area contributed by atoms with Crippen LogP contribution in [-0.2, 0) is 26.2 Å². The zero-order valence-electron chi connectivity index (χ0n) is 17.5. The normalized spacial score (nSPS) is 21.3. The van der Waals surface area contributed by atoms with Gasteiger partial charge in [0.2, 0.25) is 11.8 Å². The maximum absolute atomic E-state index is 13.1. The summed E-state index contributed by atoms with van der Waals surface area (Å²) >= 11 is 6.12. The Labute approximate surface area is 187 Å². The SMILES string of the molecule is Cc1ccc(CN2C(=O)[C@H]3CCCC[C@H]3C2=O)cc1S(=O)(=O)Nc1cccc(Cl)c1C. The second-order valence-electron chi connectivity index (χ2n) is 8.38. The van der Waals surface area contributed by atoms with Crippen molar-refractivity contribution < 1.29 is 18.0 Å². The molecule has 0 spiro atoms. The van der Waals surface area contributed by atoms with Crippen LogP contribution in [0, 0.1) is 25.7 Å². The number of aryl methyl sites for hydroxylation is 1. The molecule has 31 heavy (non-hydrogen) atoms. The number of carbonyl (C=O) groups excluding carboxylic acids is 2. The summed E-state index contributed by atoms with van der Waals surface area (Å²) in [5.74, 6) is -0.704. The molecule has 0 bridgehead atoms. The lowest BCUT2D eigenvalue weighted by Crippen LogP contribution is -2.30. The van der Waals surface area contributed by atoms with Gasteiger partial charge in [0.05, 0.1) is 29.0 Å². The zero-order valence-corrected chi connectivity index (χ0v) is 19.1. The number of carbonyl (C=O) groups is 2. The number of fused-ring (bicyclic) bond motifs is 1. The summed E-state index contributed by atoms with van der Waals surface area (Å²) in [6, 6.07) is 10.0. The average molecular weight is 461 g/mol. The van der Waals surface area contributed by atoms with Gasteiger partial charge in [0, 0.05) is 5.02 Å². The van der Waals surface area contributed by atoms with Crippen LogP contribution in [0.1, 0.15) is 42.4 Å². The minimum Gasteiger partial charge on any atom is -0.279 e. The molecule has 2 aliphatic rings. The third-order valence-corrected chi connectivity index (χ3v) is 8.24. The van der Waals surface area contributed by atoms with Crippen molar-refractivity contribution in [3.8, 4) is 0 Å². The molecule has 0 aromatic heterocycles. The molecule has 2 atom stereocenters. The summed E-state index contributed by atoms with van der Waals surface area (Å²) in [7, 11) is -3.88. The molecule has 1 aliphatic heterocycles. The monoisotopic (exact) mass is 460 g/mol. The number of anilines is 1. The van der Waals surface area contributed by atoms with Crippen molar-refractivity contribution in [3.05, 3.63) is 58.1 Å². The number of nitrogens with zero attached hydrogens (tertiary/aromatic N) is 1. The van der Waals surface area contributed by atoms with Gasteiger partial charge in [-0.05, 0) is 61.6 Å². The number of sulfonamides is 1. The van der Waals surface area contributed by atoms with Gasteiger partial charge < -0.3 is 0 Å². The summed E-state index contributed by atoms with van der Waals surface area (Å²) in [4.78, 5) is 27.0. The molecule has 2 aromatic rings. The second kappa shape index (κ2) is 8.28. The van der Waals surface area contributed by atoms with E-state index in [9.17, 15) is 18.0 Å². The Morgan fingerprint density at radius 3 is 2.32 bits per heavy atom. The quantitative estimate of drug-likeness (QED) is 0.669. The van der Waals surface area contributed by atoms with Crippen molar-refractivity contribution in [2.45, 2.75) is 51.0 Å². The summed E-state index contributed by atoms with van der Waals surface area (Å²) in [5.41, 5.74) is 2.22. The molecule has 2 fully saturated rings. The van der Waals surface area contributed by atoms with Crippen molar-refractivity contribution in [1.82, 2.24) is 4.90 Å². The van der Waals surface area contributed by atoms with Crippen molar-refractivity contribution in [2.24, 2.45) is 11.8 Å². The van der Waals surface area contributed by atoms with E-state index in [4.69, 9.17) is 11.6 Å². The smallest absolute Gasteiger partial charge is 0.262 e. The number of amides is 2. The zero-order chi connectivity index (χ0) is 22.3. The number of benzene rings is 2. The molecule has 4 rings (SSSR count). The molecule has 1 saturated carbocycles. The fourth-order valence-corrected chi connectivity index (χ4v) is 6.11. The Kier molecular flexibility index (Phi) is 5.83. The van der Waals surface area contributed by atoms with E-state index in [-0.39, 0.29) is 35.1 Å². The standard InChI is InChI=1S/C23H25ClN2O4S/c1-14-10-11-16(13-26-22(27)17-6-3-4-7-18(17)23(26)28)12-21(14)31(29,30)25-20-9-5-8-19(24)15(20)2/h5,8-12,17-18,25H,3-4,6-7,13H2,1-2H3/t17-,18+. The van der Waals surface area contributed by atoms with Crippen molar-refractivity contribution in [2.75, 3.05) is 4.72 Å². The lowest BCUT2D eigenvalue weighted by atomic mass is 9.81. The summed E-state index contributed by atoms with van der Waals surface area (Å²) in [6.07, 6.45) is 3.44. The van der Waals surface area contributed by atoms with Gasteiger partial charge in [-0.15, -0.1) is 0 Å². The lowest BCUT2D eigenvalue weighted by Gasteiger charge is -2.19. The van der Waals surface area contributed by atoms with E-state index in [2.05, 4.69) is 4.72 Å². The van der Waals surface area contributed by atoms with Gasteiger partial charge in [0.15, 0.2) is 0 Å². The molecule has 2 amide bonds. The van der Waals surface area contributed by atoms with Crippen LogP contribution in [0.4, 0.5) is 5.69 Å². The molecule has 1 saturated heterocycles. The Balaban J connectivity index is 1.61. The first-order chi connectivity index (χ1) is 14.7. The van der Waals surface area contributed by atoms with Crippen molar-refractivity contribution in [1.29, 1.82) is 0 Å². The minimum atomic E-state index is -3.88. The van der Waals surface area contributed by atoms with E-state index < -0.39 is 10.0 Å². The molecular weight excluding hydrogens is 436 g/mol. The molecule has 1 N–H and O–H groups in total. The first kappa shape index (κ1) is 21.8. The maximum atomic E-state index is 13.1. The number of rotatable bonds is 5. The van der Waals surface area contributed by atoms with E-state index in [1.54, 1.807) is 50.2 Å². The Morgan fingerprint density at radius 2 is 1.68 bits per heavy atom. The number of halogens is 1. The molecule has 0 radical (unpaired) electrons. The van der Waals surface area contributed by atoms with Crippen LogP contribution >= 0.6 is 11.6 Å². The van der Waals surface area contributed by atoms with Crippen LogP contribution in [0.3, 0.4) is 0 Å². The summed E-state index contributed by atoms with van der Waals surface area (Å²) in [6.45, 7) is 3.54. The second-order valence-corrected chi connectivity index (χ2v) is 10.4. The van der Waals surface area contributed by atoms with Crippen LogP contribution in [0.5, 0.6) is 0 Å². The van der Waals surface area contributed by atoms with Crippen LogP contribution in [0.15, 0.2) is 41.3 Å². The topological polar surface area (TPSA) is 83.6 Å². The molecule has 1 heterocycles. The van der Waals surface area contributed by atoms with Crippen LogP contribution in [0.2, 0.25) is 5.02 Å². The highest BCUT2D eigenvalue weighted by Gasteiger charge is 2.47. The summed E-state index contributed by atoms with van der Waals surface area (Å²) in [5, 5.41) is 0.471. The van der Waals surface area contributed by atoms with E-state index in [0.29, 0.717) is 27.4 Å². The highest BCUT2D eigenvalue weighted by atomic mass is 35.5. The molecule has 6 nitrogen and oxygen atoms in total. The van der Waals surface area contributed by atoms with E-state index in [1.165, 1.54) is 4.90 Å². The van der Waals surface area contributed by atoms with Gasteiger partial charge >= 0.3 is 0 Å². The van der Waals surface area contributed by atoms with E-state index >= 15 is 0 Å². The highest BCUT2D eigenvalue weighted by Crippen LogP contribution is 2.38.